The molecule has 0 aliphatic carbocycles. The number of amidine groups is 1. The van der Waals surface area contributed by atoms with Gasteiger partial charge in [0.1, 0.15) is 0 Å². The second-order valence-corrected chi connectivity index (χ2v) is 11.6. The van der Waals surface area contributed by atoms with E-state index in [0.717, 1.165) is 21.5 Å². The first-order valence-corrected chi connectivity index (χ1v) is 14.2. The molecule has 0 aromatic heterocycles. The number of carbonyl (C=O) groups excluding carboxylic acids is 1. The monoisotopic (exact) mass is 506 g/mol. The van der Waals surface area contributed by atoms with Crippen LogP contribution in [0.4, 0.5) is 0 Å². The van der Waals surface area contributed by atoms with Crippen molar-refractivity contribution in [3.8, 4) is 0 Å². The van der Waals surface area contributed by atoms with Gasteiger partial charge < -0.3 is 9.64 Å². The molecular formula is C27H26N2O4S2. The third-order valence-corrected chi connectivity index (χ3v) is 9.23. The van der Waals surface area contributed by atoms with E-state index in [4.69, 9.17) is 4.74 Å². The van der Waals surface area contributed by atoms with Crippen LogP contribution < -0.4 is 0 Å². The van der Waals surface area contributed by atoms with Crippen molar-refractivity contribution in [3.05, 3.63) is 89.6 Å². The summed E-state index contributed by atoms with van der Waals surface area (Å²) in [5, 5.41) is 2.63. The Morgan fingerprint density at radius 1 is 1.06 bits per heavy atom. The van der Waals surface area contributed by atoms with Crippen molar-refractivity contribution in [3.63, 3.8) is 0 Å². The van der Waals surface area contributed by atoms with Crippen LogP contribution in [0.25, 0.3) is 10.8 Å². The van der Waals surface area contributed by atoms with Crippen molar-refractivity contribution in [2.45, 2.75) is 30.8 Å². The first-order chi connectivity index (χ1) is 16.9. The molecule has 1 saturated heterocycles. The molecule has 8 heteroatoms. The molecule has 2 atom stereocenters. The van der Waals surface area contributed by atoms with Crippen LogP contribution >= 0.6 is 11.8 Å². The molecule has 0 saturated carbocycles. The van der Waals surface area contributed by atoms with Crippen LogP contribution in [0.5, 0.6) is 0 Å². The Morgan fingerprint density at radius 3 is 2.51 bits per heavy atom. The zero-order valence-corrected chi connectivity index (χ0v) is 21.2. The van der Waals surface area contributed by atoms with Gasteiger partial charge in [0.2, 0.25) is 0 Å². The summed E-state index contributed by atoms with van der Waals surface area (Å²) >= 11 is 1.53. The van der Waals surface area contributed by atoms with Gasteiger partial charge in [0.15, 0.2) is 15.0 Å². The molecule has 0 N–H and O–H groups in total. The summed E-state index contributed by atoms with van der Waals surface area (Å²) in [6.45, 7) is 3.84. The Morgan fingerprint density at radius 2 is 1.77 bits per heavy atom. The minimum atomic E-state index is -3.60. The van der Waals surface area contributed by atoms with Gasteiger partial charge in [0.25, 0.3) is 0 Å². The molecule has 0 bridgehead atoms. The Balaban J connectivity index is 1.53. The molecule has 0 amide bonds. The van der Waals surface area contributed by atoms with E-state index in [0.29, 0.717) is 21.9 Å². The number of benzene rings is 3. The van der Waals surface area contributed by atoms with E-state index < -0.39 is 21.8 Å². The molecule has 3 aromatic rings. The lowest BCUT2D eigenvalue weighted by Gasteiger charge is -2.38. The fraction of sp³-hybridized carbons (Fsp3) is 0.259. The predicted molar refractivity (Wildman–Crippen MR) is 140 cm³/mol. The number of hydrogen-bond acceptors (Lipinski definition) is 7. The van der Waals surface area contributed by atoms with Crippen LogP contribution in [0, 0.1) is 0 Å². The molecule has 0 spiro atoms. The van der Waals surface area contributed by atoms with Crippen LogP contribution in [-0.4, -0.2) is 48.6 Å². The first kappa shape index (κ1) is 23.6. The average molecular weight is 507 g/mol. The molecule has 6 nitrogen and oxygen atoms in total. The van der Waals surface area contributed by atoms with Crippen molar-refractivity contribution >= 4 is 43.5 Å². The Hall–Kier alpha value is -3.10. The van der Waals surface area contributed by atoms with Crippen molar-refractivity contribution in [2.75, 3.05) is 18.1 Å². The van der Waals surface area contributed by atoms with Crippen LogP contribution in [0.15, 0.2) is 94.0 Å². The summed E-state index contributed by atoms with van der Waals surface area (Å²) in [6.07, 6.45) is 0. The van der Waals surface area contributed by atoms with Gasteiger partial charge in [-0.25, -0.2) is 18.2 Å². The fourth-order valence-corrected chi connectivity index (χ4v) is 7.64. The van der Waals surface area contributed by atoms with Crippen LogP contribution in [0.3, 0.4) is 0 Å². The van der Waals surface area contributed by atoms with Gasteiger partial charge in [-0.1, -0.05) is 72.4 Å². The molecule has 5 rings (SSSR count). The number of nitrogens with zero attached hydrogens (tertiary/aromatic N) is 2. The molecule has 180 valence electrons. The summed E-state index contributed by atoms with van der Waals surface area (Å²) in [4.78, 5) is 20.0. The molecule has 1 fully saturated rings. The van der Waals surface area contributed by atoms with E-state index in [9.17, 15) is 13.2 Å². The molecule has 35 heavy (non-hydrogen) atoms. The second-order valence-electron chi connectivity index (χ2n) is 8.59. The normalized spacial score (nSPS) is 20.1. The number of carbonyl (C=O) groups is 1. The maximum Gasteiger partial charge on any atom is 0.338 e. The Kier molecular flexibility index (Phi) is 6.42. The molecule has 3 aromatic carbocycles. The lowest BCUT2D eigenvalue weighted by Crippen LogP contribution is -2.45. The summed E-state index contributed by atoms with van der Waals surface area (Å²) < 4.78 is 32.5. The highest BCUT2D eigenvalue weighted by Crippen LogP contribution is 2.43. The maximum atomic E-state index is 13.6. The van der Waals surface area contributed by atoms with Crippen molar-refractivity contribution in [2.24, 2.45) is 4.99 Å². The van der Waals surface area contributed by atoms with E-state index >= 15 is 0 Å². The van der Waals surface area contributed by atoms with Crippen molar-refractivity contribution in [1.82, 2.24) is 4.90 Å². The highest BCUT2D eigenvalue weighted by atomic mass is 32.2. The van der Waals surface area contributed by atoms with Gasteiger partial charge in [0.05, 0.1) is 40.6 Å². The highest BCUT2D eigenvalue weighted by Gasteiger charge is 2.45. The summed E-state index contributed by atoms with van der Waals surface area (Å²) in [7, 11) is -3.60. The van der Waals surface area contributed by atoms with Crippen molar-refractivity contribution < 1.29 is 17.9 Å². The lowest BCUT2D eigenvalue weighted by atomic mass is 9.93. The number of ether oxygens (including phenoxy) is 1. The third kappa shape index (κ3) is 4.48. The van der Waals surface area contributed by atoms with Gasteiger partial charge in [-0.15, -0.1) is 0 Å². The minimum Gasteiger partial charge on any atom is -0.463 e. The molecule has 2 unspecified atom stereocenters. The largest absolute Gasteiger partial charge is 0.463 e. The SMILES string of the molecule is CCOC(=O)C1=C(C)N=C2SCC(CS(=O)(=O)c3ccc4ccccc4c3)N2C1c1ccccc1. The molecule has 2 aliphatic heterocycles. The molecular weight excluding hydrogens is 480 g/mol. The number of esters is 1. The second kappa shape index (κ2) is 9.51. The number of thioether (sulfide) groups is 1. The number of fused-ring (bicyclic) bond motifs is 2. The van der Waals surface area contributed by atoms with Gasteiger partial charge in [-0.05, 0) is 42.3 Å². The number of aliphatic imine (C=N–C) groups is 1. The van der Waals surface area contributed by atoms with E-state index in [1.165, 1.54) is 11.8 Å². The number of allylic oxidation sites excluding steroid dienone is 1. The quantitative estimate of drug-likeness (QED) is 0.439. The smallest absolute Gasteiger partial charge is 0.338 e. The summed E-state index contributed by atoms with van der Waals surface area (Å²) in [5.41, 5.74) is 1.96. The van der Waals surface area contributed by atoms with Crippen LogP contribution in [0.1, 0.15) is 25.5 Å². The van der Waals surface area contributed by atoms with Gasteiger partial charge in [0, 0.05) is 5.75 Å². The summed E-state index contributed by atoms with van der Waals surface area (Å²) in [6, 6.07) is 21.8. The average Bonchev–Trinajstić information content (AvgIpc) is 3.24. The Labute approximate surface area is 209 Å². The number of sulfone groups is 1. The van der Waals surface area contributed by atoms with Crippen LogP contribution in [-0.2, 0) is 19.4 Å². The van der Waals surface area contributed by atoms with Gasteiger partial charge in [-0.3, -0.25) is 0 Å². The zero-order valence-electron chi connectivity index (χ0n) is 19.5. The fourth-order valence-electron chi connectivity index (χ4n) is 4.70. The van der Waals surface area contributed by atoms with E-state index in [1.54, 1.807) is 19.1 Å². The predicted octanol–water partition coefficient (Wildman–Crippen LogP) is 4.98. The van der Waals surface area contributed by atoms with Crippen LogP contribution in [0.2, 0.25) is 0 Å². The maximum absolute atomic E-state index is 13.6. The van der Waals surface area contributed by atoms with Gasteiger partial charge in [-0.2, -0.15) is 0 Å². The topological polar surface area (TPSA) is 76.0 Å². The first-order valence-electron chi connectivity index (χ1n) is 11.5. The van der Waals surface area contributed by atoms with Crippen molar-refractivity contribution in [1.29, 1.82) is 0 Å². The number of rotatable bonds is 6. The third-order valence-electron chi connectivity index (χ3n) is 6.33. The van der Waals surface area contributed by atoms with E-state index in [2.05, 4.69) is 4.99 Å². The lowest BCUT2D eigenvalue weighted by molar-refractivity contribution is -0.139. The van der Waals surface area contributed by atoms with Gasteiger partial charge >= 0.3 is 5.97 Å². The number of hydrogen-bond donors (Lipinski definition) is 0. The van der Waals surface area contributed by atoms with E-state index in [1.807, 2.05) is 72.5 Å². The summed E-state index contributed by atoms with van der Waals surface area (Å²) in [5.74, 6) is 0.0727. The van der Waals surface area contributed by atoms with E-state index in [-0.39, 0.29) is 18.4 Å². The minimum absolute atomic E-state index is 0.0736. The molecule has 0 radical (unpaired) electrons. The highest BCUT2D eigenvalue weighted by molar-refractivity contribution is 8.14. The molecule has 2 heterocycles. The molecule has 2 aliphatic rings. The zero-order chi connectivity index (χ0) is 24.6. The Bertz CT molecular complexity index is 1450. The standard InChI is InChI=1S/C27H26N2O4S2/c1-3-33-26(30)24-18(2)28-27-29(25(24)20-10-5-4-6-11-20)22(16-34-27)17-35(31,32)23-14-13-19-9-7-8-12-21(19)15-23/h4-15,22,25H,3,16-17H2,1-2H3.